The van der Waals surface area contributed by atoms with Crippen LogP contribution in [-0.2, 0) is 22.6 Å². The highest BCUT2D eigenvalue weighted by molar-refractivity contribution is 5.80. The number of amides is 2. The van der Waals surface area contributed by atoms with Gasteiger partial charge in [0.1, 0.15) is 11.6 Å². The first-order valence-electron chi connectivity index (χ1n) is 8.53. The van der Waals surface area contributed by atoms with E-state index in [0.29, 0.717) is 26.1 Å². The molecule has 0 aliphatic carbocycles. The average molecular weight is 358 g/mol. The zero-order valence-electron chi connectivity index (χ0n) is 14.3. The van der Waals surface area contributed by atoms with Crippen molar-refractivity contribution in [1.29, 1.82) is 0 Å². The molecular formula is C20H20F2N2O2. The largest absolute Gasteiger partial charge is 0.355 e. The van der Waals surface area contributed by atoms with Crippen molar-refractivity contribution in [3.8, 4) is 0 Å². The summed E-state index contributed by atoms with van der Waals surface area (Å²) in [5, 5.41) is 2.84. The number of likely N-dealkylation sites (tertiary alicyclic amines) is 1. The molecule has 6 heteroatoms. The lowest BCUT2D eigenvalue weighted by atomic mass is 10.1. The number of carbonyl (C=O) groups is 2. The minimum Gasteiger partial charge on any atom is -0.355 e. The molecule has 0 radical (unpaired) electrons. The highest BCUT2D eigenvalue weighted by atomic mass is 19.1. The first kappa shape index (κ1) is 18.0. The van der Waals surface area contributed by atoms with Crippen molar-refractivity contribution >= 4 is 11.8 Å². The number of rotatable bonds is 6. The Labute approximate surface area is 150 Å². The van der Waals surface area contributed by atoms with Gasteiger partial charge in [0.05, 0.1) is 6.42 Å². The van der Waals surface area contributed by atoms with Crippen molar-refractivity contribution < 1.29 is 18.4 Å². The summed E-state index contributed by atoms with van der Waals surface area (Å²) in [5.74, 6) is -0.698. The number of nitrogens with zero attached hydrogens (tertiary/aromatic N) is 1. The van der Waals surface area contributed by atoms with E-state index in [4.69, 9.17) is 0 Å². The number of benzene rings is 2. The fourth-order valence-corrected chi connectivity index (χ4v) is 3.06. The van der Waals surface area contributed by atoms with Crippen LogP contribution < -0.4 is 5.32 Å². The third-order valence-electron chi connectivity index (χ3n) is 4.45. The number of carbonyl (C=O) groups excluding carboxylic acids is 2. The molecule has 136 valence electrons. The molecule has 26 heavy (non-hydrogen) atoms. The van der Waals surface area contributed by atoms with Gasteiger partial charge in [-0.2, -0.15) is 0 Å². The second-order valence-corrected chi connectivity index (χ2v) is 6.58. The lowest BCUT2D eigenvalue weighted by Crippen LogP contribution is -2.32. The van der Waals surface area contributed by atoms with Gasteiger partial charge < -0.3 is 10.2 Å². The standard InChI is InChI=1S/C20H20F2N2O2/c21-17-5-1-14(2-6-17)9-19(25)23-11-16-10-20(26)24(13-16)12-15-3-7-18(22)8-4-15/h1-8,16H,9-13H2,(H,23,25)/t16-/m1/s1. The smallest absolute Gasteiger partial charge is 0.224 e. The summed E-state index contributed by atoms with van der Waals surface area (Å²) < 4.78 is 25.8. The predicted molar refractivity (Wildman–Crippen MR) is 93.0 cm³/mol. The van der Waals surface area contributed by atoms with Crippen LogP contribution in [0.5, 0.6) is 0 Å². The molecule has 0 saturated carbocycles. The van der Waals surface area contributed by atoms with Crippen LogP contribution >= 0.6 is 0 Å². The van der Waals surface area contributed by atoms with Crippen molar-refractivity contribution in [2.75, 3.05) is 13.1 Å². The van der Waals surface area contributed by atoms with Crippen molar-refractivity contribution in [1.82, 2.24) is 10.2 Å². The molecule has 0 unspecified atom stereocenters. The summed E-state index contributed by atoms with van der Waals surface area (Å²) in [7, 11) is 0. The lowest BCUT2D eigenvalue weighted by Gasteiger charge is -2.17. The number of nitrogens with one attached hydrogen (secondary N) is 1. The minimum atomic E-state index is -0.333. The summed E-state index contributed by atoms with van der Waals surface area (Å²) in [5.41, 5.74) is 1.62. The number of hydrogen-bond donors (Lipinski definition) is 1. The molecule has 1 N–H and O–H groups in total. The molecule has 1 aliphatic rings. The molecule has 2 aromatic rings. The maximum absolute atomic E-state index is 13.0. The number of hydrogen-bond acceptors (Lipinski definition) is 2. The van der Waals surface area contributed by atoms with Crippen LogP contribution in [0.1, 0.15) is 17.5 Å². The molecule has 2 amide bonds. The van der Waals surface area contributed by atoms with Crippen LogP contribution in [0, 0.1) is 17.6 Å². The second-order valence-electron chi connectivity index (χ2n) is 6.58. The van der Waals surface area contributed by atoms with E-state index >= 15 is 0 Å². The Morgan fingerprint density at radius 3 is 2.19 bits per heavy atom. The minimum absolute atomic E-state index is 0.0344. The first-order chi connectivity index (χ1) is 12.5. The Balaban J connectivity index is 1.45. The third kappa shape index (κ3) is 4.88. The summed E-state index contributed by atoms with van der Waals surface area (Å²) in [4.78, 5) is 25.9. The molecule has 0 aromatic heterocycles. The van der Waals surface area contributed by atoms with E-state index in [1.54, 1.807) is 29.2 Å². The quantitative estimate of drug-likeness (QED) is 0.863. The monoisotopic (exact) mass is 358 g/mol. The van der Waals surface area contributed by atoms with Crippen LogP contribution in [-0.4, -0.2) is 29.8 Å². The van der Waals surface area contributed by atoms with Crippen LogP contribution in [0.3, 0.4) is 0 Å². The van der Waals surface area contributed by atoms with Gasteiger partial charge in [0.15, 0.2) is 0 Å². The van der Waals surface area contributed by atoms with Crippen molar-refractivity contribution in [2.24, 2.45) is 5.92 Å². The van der Waals surface area contributed by atoms with E-state index in [0.717, 1.165) is 11.1 Å². The van der Waals surface area contributed by atoms with Gasteiger partial charge in [0.25, 0.3) is 0 Å². The molecule has 1 aliphatic heterocycles. The van der Waals surface area contributed by atoms with E-state index in [1.165, 1.54) is 24.3 Å². The maximum Gasteiger partial charge on any atom is 0.224 e. The van der Waals surface area contributed by atoms with Gasteiger partial charge in [-0.15, -0.1) is 0 Å². The van der Waals surface area contributed by atoms with Crippen LogP contribution in [0.25, 0.3) is 0 Å². The summed E-state index contributed by atoms with van der Waals surface area (Å²) in [6.07, 6.45) is 0.568. The van der Waals surface area contributed by atoms with E-state index in [2.05, 4.69) is 5.32 Å². The zero-order valence-corrected chi connectivity index (χ0v) is 14.3. The molecule has 0 bridgehead atoms. The number of halogens is 2. The van der Waals surface area contributed by atoms with E-state index in [1.807, 2.05) is 0 Å². The molecule has 1 atom stereocenters. The van der Waals surface area contributed by atoms with Crippen LogP contribution in [0.4, 0.5) is 8.78 Å². The average Bonchev–Trinajstić information content (AvgIpc) is 2.97. The van der Waals surface area contributed by atoms with E-state index in [-0.39, 0.29) is 35.8 Å². The topological polar surface area (TPSA) is 49.4 Å². The van der Waals surface area contributed by atoms with Crippen molar-refractivity contribution in [2.45, 2.75) is 19.4 Å². The molecule has 3 rings (SSSR count). The fraction of sp³-hybridized carbons (Fsp3) is 0.300. The lowest BCUT2D eigenvalue weighted by molar-refractivity contribution is -0.128. The molecule has 2 aromatic carbocycles. The van der Waals surface area contributed by atoms with Crippen LogP contribution in [0.2, 0.25) is 0 Å². The van der Waals surface area contributed by atoms with Gasteiger partial charge in [-0.3, -0.25) is 9.59 Å². The first-order valence-corrected chi connectivity index (χ1v) is 8.53. The summed E-state index contributed by atoms with van der Waals surface area (Å²) in [6.45, 7) is 1.43. The third-order valence-corrected chi connectivity index (χ3v) is 4.45. The highest BCUT2D eigenvalue weighted by Crippen LogP contribution is 2.20. The van der Waals surface area contributed by atoms with Crippen molar-refractivity contribution in [3.05, 3.63) is 71.3 Å². The molecule has 4 nitrogen and oxygen atoms in total. The Bertz CT molecular complexity index is 775. The van der Waals surface area contributed by atoms with Crippen LogP contribution in [0.15, 0.2) is 48.5 Å². The molecule has 1 saturated heterocycles. The van der Waals surface area contributed by atoms with Gasteiger partial charge in [-0.1, -0.05) is 24.3 Å². The summed E-state index contributed by atoms with van der Waals surface area (Å²) >= 11 is 0. The second kappa shape index (κ2) is 8.08. The molecule has 1 fully saturated rings. The van der Waals surface area contributed by atoms with E-state index in [9.17, 15) is 18.4 Å². The van der Waals surface area contributed by atoms with Gasteiger partial charge >= 0.3 is 0 Å². The maximum atomic E-state index is 13.0. The Kier molecular flexibility index (Phi) is 5.61. The van der Waals surface area contributed by atoms with E-state index < -0.39 is 0 Å². The fourth-order valence-electron chi connectivity index (χ4n) is 3.06. The van der Waals surface area contributed by atoms with Gasteiger partial charge in [-0.25, -0.2) is 8.78 Å². The van der Waals surface area contributed by atoms with Gasteiger partial charge in [-0.05, 0) is 35.4 Å². The Morgan fingerprint density at radius 2 is 1.58 bits per heavy atom. The zero-order chi connectivity index (χ0) is 18.5. The molecule has 1 heterocycles. The van der Waals surface area contributed by atoms with Gasteiger partial charge in [0, 0.05) is 32.0 Å². The highest BCUT2D eigenvalue weighted by Gasteiger charge is 2.29. The van der Waals surface area contributed by atoms with Gasteiger partial charge in [0.2, 0.25) is 11.8 Å². The van der Waals surface area contributed by atoms with Crippen molar-refractivity contribution in [3.63, 3.8) is 0 Å². The normalized spacial score (nSPS) is 16.8. The Hall–Kier alpha value is -2.76. The molecule has 0 spiro atoms. The molecular weight excluding hydrogens is 338 g/mol. The Morgan fingerprint density at radius 1 is 1.00 bits per heavy atom. The SMILES string of the molecule is O=C(Cc1ccc(F)cc1)NC[C@H]1CC(=O)N(Cc2ccc(F)cc2)C1. The predicted octanol–water partition coefficient (Wildman–Crippen LogP) is 2.67. The summed E-state index contributed by atoms with van der Waals surface area (Å²) in [6, 6.07) is 11.9.